The molecule has 0 fully saturated rings. The summed E-state index contributed by atoms with van der Waals surface area (Å²) in [5.41, 5.74) is 1.28. The normalized spacial score (nSPS) is 12.5. The first-order chi connectivity index (χ1) is 7.71. The van der Waals surface area contributed by atoms with Crippen LogP contribution in [0, 0.1) is 5.92 Å². The maximum atomic E-state index is 5.38. The van der Waals surface area contributed by atoms with Crippen LogP contribution in [-0.2, 0) is 6.42 Å². The minimum absolute atomic E-state index is 0.660. The van der Waals surface area contributed by atoms with Crippen LogP contribution in [0.3, 0.4) is 0 Å². The molecule has 0 aliphatic heterocycles. The fourth-order valence-electron chi connectivity index (χ4n) is 1.87. The van der Waals surface area contributed by atoms with Gasteiger partial charge in [-0.25, -0.2) is 0 Å². The minimum Gasteiger partial charge on any atom is -0.496 e. The fraction of sp³-hybridized carbons (Fsp3) is 0.538. The van der Waals surface area contributed by atoms with Crippen LogP contribution < -0.4 is 10.1 Å². The van der Waals surface area contributed by atoms with Crippen LogP contribution in [-0.4, -0.2) is 20.7 Å². The van der Waals surface area contributed by atoms with E-state index in [9.17, 15) is 0 Å². The molecule has 1 rings (SSSR count). The maximum absolute atomic E-state index is 5.38. The van der Waals surface area contributed by atoms with Crippen molar-refractivity contribution in [2.75, 3.05) is 20.7 Å². The van der Waals surface area contributed by atoms with Gasteiger partial charge in [-0.05, 0) is 49.7 Å². The smallest absolute Gasteiger partial charge is 0.122 e. The van der Waals surface area contributed by atoms with E-state index >= 15 is 0 Å². The molecule has 1 aromatic carbocycles. The van der Waals surface area contributed by atoms with Crippen molar-refractivity contribution < 1.29 is 4.74 Å². The number of hydrogen-bond donors (Lipinski definition) is 1. The number of ether oxygens (including phenoxy) is 1. The summed E-state index contributed by atoms with van der Waals surface area (Å²) in [4.78, 5) is 0. The zero-order valence-corrected chi connectivity index (χ0v) is 11.8. The number of hydrogen-bond acceptors (Lipinski definition) is 2. The Balaban J connectivity index is 2.80. The van der Waals surface area contributed by atoms with Gasteiger partial charge in [0.15, 0.2) is 0 Å². The quantitative estimate of drug-likeness (QED) is 0.866. The molecule has 0 bridgehead atoms. The molecule has 0 saturated heterocycles. The third kappa shape index (κ3) is 3.80. The van der Waals surface area contributed by atoms with E-state index in [1.807, 2.05) is 19.2 Å². The molecule has 16 heavy (non-hydrogen) atoms. The molecule has 1 aromatic rings. The lowest BCUT2D eigenvalue weighted by atomic mass is 9.96. The molecule has 0 aliphatic rings. The first-order valence-electron chi connectivity index (χ1n) is 5.68. The van der Waals surface area contributed by atoms with Gasteiger partial charge in [0.1, 0.15) is 5.75 Å². The van der Waals surface area contributed by atoms with E-state index < -0.39 is 0 Å². The van der Waals surface area contributed by atoms with E-state index in [4.69, 9.17) is 4.74 Å². The zero-order valence-electron chi connectivity index (χ0n) is 10.2. The molecular weight excluding hydrogens is 266 g/mol. The number of nitrogens with one attached hydrogen (secondary N) is 1. The van der Waals surface area contributed by atoms with Crippen LogP contribution in [0.5, 0.6) is 5.75 Å². The van der Waals surface area contributed by atoms with Gasteiger partial charge >= 0.3 is 0 Å². The number of halogens is 1. The van der Waals surface area contributed by atoms with E-state index in [1.165, 1.54) is 12.0 Å². The standard InChI is InChI=1S/C13H20BrNO/c1-4-10(9-15-2)7-11-8-12(14)5-6-13(11)16-3/h5-6,8,10,15H,4,7,9H2,1-3H3. The summed E-state index contributed by atoms with van der Waals surface area (Å²) in [5.74, 6) is 1.64. The predicted molar refractivity (Wildman–Crippen MR) is 72.1 cm³/mol. The Morgan fingerprint density at radius 2 is 2.19 bits per heavy atom. The highest BCUT2D eigenvalue weighted by molar-refractivity contribution is 9.10. The Hall–Kier alpha value is -0.540. The average molecular weight is 286 g/mol. The molecule has 1 N–H and O–H groups in total. The monoisotopic (exact) mass is 285 g/mol. The largest absolute Gasteiger partial charge is 0.496 e. The van der Waals surface area contributed by atoms with E-state index in [0.29, 0.717) is 5.92 Å². The van der Waals surface area contributed by atoms with Crippen molar-refractivity contribution in [2.24, 2.45) is 5.92 Å². The van der Waals surface area contributed by atoms with Crippen molar-refractivity contribution in [1.29, 1.82) is 0 Å². The summed E-state index contributed by atoms with van der Waals surface area (Å²) in [5, 5.41) is 3.24. The van der Waals surface area contributed by atoms with Gasteiger partial charge in [0.2, 0.25) is 0 Å². The van der Waals surface area contributed by atoms with Crippen molar-refractivity contribution in [2.45, 2.75) is 19.8 Å². The Labute approximate surface area is 107 Å². The molecule has 0 saturated carbocycles. The van der Waals surface area contributed by atoms with Gasteiger partial charge in [0.05, 0.1) is 7.11 Å². The molecule has 0 spiro atoms. The van der Waals surface area contributed by atoms with Crippen LogP contribution in [0.1, 0.15) is 18.9 Å². The second kappa shape index (κ2) is 6.92. The van der Waals surface area contributed by atoms with E-state index in [0.717, 1.165) is 23.2 Å². The molecule has 0 aromatic heterocycles. The first kappa shape index (κ1) is 13.5. The summed E-state index contributed by atoms with van der Waals surface area (Å²) < 4.78 is 6.50. The van der Waals surface area contributed by atoms with Gasteiger partial charge in [-0.3, -0.25) is 0 Å². The summed E-state index contributed by atoms with van der Waals surface area (Å²) in [6.45, 7) is 3.28. The molecule has 1 atom stereocenters. The van der Waals surface area contributed by atoms with Crippen molar-refractivity contribution in [3.63, 3.8) is 0 Å². The molecule has 1 unspecified atom stereocenters. The SMILES string of the molecule is CCC(CNC)Cc1cc(Br)ccc1OC. The second-order valence-electron chi connectivity index (χ2n) is 3.99. The van der Waals surface area contributed by atoms with Gasteiger partial charge < -0.3 is 10.1 Å². The molecule has 0 radical (unpaired) electrons. The van der Waals surface area contributed by atoms with Gasteiger partial charge in [-0.2, -0.15) is 0 Å². The van der Waals surface area contributed by atoms with Crippen molar-refractivity contribution in [3.8, 4) is 5.75 Å². The zero-order chi connectivity index (χ0) is 12.0. The Bertz CT molecular complexity index is 328. The number of methoxy groups -OCH3 is 1. The van der Waals surface area contributed by atoms with Crippen LogP contribution >= 0.6 is 15.9 Å². The summed E-state index contributed by atoms with van der Waals surface area (Å²) in [6, 6.07) is 6.18. The highest BCUT2D eigenvalue weighted by Crippen LogP contribution is 2.26. The van der Waals surface area contributed by atoms with E-state index in [1.54, 1.807) is 7.11 Å². The lowest BCUT2D eigenvalue weighted by Gasteiger charge is -2.16. The van der Waals surface area contributed by atoms with Crippen molar-refractivity contribution in [1.82, 2.24) is 5.32 Å². The van der Waals surface area contributed by atoms with Crippen molar-refractivity contribution >= 4 is 15.9 Å². The van der Waals surface area contributed by atoms with Crippen LogP contribution in [0.4, 0.5) is 0 Å². The van der Waals surface area contributed by atoms with E-state index in [2.05, 4.69) is 34.2 Å². The number of rotatable bonds is 6. The minimum atomic E-state index is 0.660. The van der Waals surface area contributed by atoms with E-state index in [-0.39, 0.29) is 0 Å². The predicted octanol–water partition coefficient (Wildman–Crippen LogP) is 3.25. The molecular formula is C13H20BrNO. The summed E-state index contributed by atoms with van der Waals surface area (Å²) in [6.07, 6.45) is 2.23. The summed E-state index contributed by atoms with van der Waals surface area (Å²) in [7, 11) is 3.73. The Kier molecular flexibility index (Phi) is 5.85. The number of benzene rings is 1. The Morgan fingerprint density at radius 1 is 1.44 bits per heavy atom. The molecule has 2 nitrogen and oxygen atoms in total. The van der Waals surface area contributed by atoms with Gasteiger partial charge in [0.25, 0.3) is 0 Å². The maximum Gasteiger partial charge on any atom is 0.122 e. The van der Waals surface area contributed by atoms with Crippen LogP contribution in [0.2, 0.25) is 0 Å². The molecule has 0 amide bonds. The molecule has 3 heteroatoms. The Morgan fingerprint density at radius 3 is 2.75 bits per heavy atom. The first-order valence-corrected chi connectivity index (χ1v) is 6.47. The highest BCUT2D eigenvalue weighted by Gasteiger charge is 2.10. The second-order valence-corrected chi connectivity index (χ2v) is 4.91. The summed E-state index contributed by atoms with van der Waals surface area (Å²) >= 11 is 3.51. The fourth-order valence-corrected chi connectivity index (χ4v) is 2.28. The van der Waals surface area contributed by atoms with Gasteiger partial charge in [-0.1, -0.05) is 29.3 Å². The van der Waals surface area contributed by atoms with Gasteiger partial charge in [0, 0.05) is 4.47 Å². The topological polar surface area (TPSA) is 21.3 Å². The average Bonchev–Trinajstić information content (AvgIpc) is 2.29. The lowest BCUT2D eigenvalue weighted by molar-refractivity contribution is 0.400. The van der Waals surface area contributed by atoms with Crippen LogP contribution in [0.15, 0.2) is 22.7 Å². The van der Waals surface area contributed by atoms with Crippen molar-refractivity contribution in [3.05, 3.63) is 28.2 Å². The lowest BCUT2D eigenvalue weighted by Crippen LogP contribution is -2.20. The molecule has 90 valence electrons. The highest BCUT2D eigenvalue weighted by atomic mass is 79.9. The molecule has 0 aliphatic carbocycles. The molecule has 0 heterocycles. The third-order valence-electron chi connectivity index (χ3n) is 2.82. The van der Waals surface area contributed by atoms with Crippen LogP contribution in [0.25, 0.3) is 0 Å². The third-order valence-corrected chi connectivity index (χ3v) is 3.31. The van der Waals surface area contributed by atoms with Gasteiger partial charge in [-0.15, -0.1) is 0 Å².